The maximum absolute atomic E-state index is 12.6. The van der Waals surface area contributed by atoms with Gasteiger partial charge in [0.2, 0.25) is 12.7 Å². The molecule has 1 saturated heterocycles. The van der Waals surface area contributed by atoms with Gasteiger partial charge in [0.25, 0.3) is 0 Å². The number of ether oxygens (including phenoxy) is 3. The van der Waals surface area contributed by atoms with Crippen molar-refractivity contribution >= 4 is 23.4 Å². The molecule has 0 N–H and O–H groups in total. The number of thioether (sulfide) groups is 1. The van der Waals surface area contributed by atoms with E-state index in [9.17, 15) is 4.79 Å². The second-order valence-corrected chi connectivity index (χ2v) is 7.52. The Kier molecular flexibility index (Phi) is 4.33. The van der Waals surface area contributed by atoms with Crippen LogP contribution in [0.1, 0.15) is 10.9 Å². The highest BCUT2D eigenvalue weighted by Crippen LogP contribution is 2.45. The van der Waals surface area contributed by atoms with Crippen LogP contribution in [0.5, 0.6) is 23.0 Å². The lowest BCUT2D eigenvalue weighted by molar-refractivity contribution is -0.115. The number of fused-ring (bicyclic) bond motifs is 1. The van der Waals surface area contributed by atoms with Gasteiger partial charge in [-0.15, -0.1) is 11.8 Å². The van der Waals surface area contributed by atoms with Gasteiger partial charge in [-0.05, 0) is 54.1 Å². The van der Waals surface area contributed by atoms with Gasteiger partial charge in [-0.3, -0.25) is 9.69 Å². The number of nitrogens with zero attached hydrogens (tertiary/aromatic N) is 1. The van der Waals surface area contributed by atoms with Gasteiger partial charge in [-0.1, -0.05) is 24.3 Å². The summed E-state index contributed by atoms with van der Waals surface area (Å²) >= 11 is 1.61. The Hall–Kier alpha value is -3.12. The molecule has 28 heavy (non-hydrogen) atoms. The normalized spacial score (nSPS) is 17.8. The number of anilines is 1. The van der Waals surface area contributed by atoms with E-state index in [-0.39, 0.29) is 18.1 Å². The molecule has 3 aromatic rings. The third-order valence-electron chi connectivity index (χ3n) is 4.64. The van der Waals surface area contributed by atoms with Crippen LogP contribution in [0.15, 0.2) is 72.8 Å². The summed E-state index contributed by atoms with van der Waals surface area (Å²) in [6, 6.07) is 23.1. The molecule has 5 rings (SSSR count). The van der Waals surface area contributed by atoms with E-state index in [1.165, 1.54) is 0 Å². The summed E-state index contributed by atoms with van der Waals surface area (Å²) in [4.78, 5) is 14.4. The number of hydrogen-bond acceptors (Lipinski definition) is 5. The van der Waals surface area contributed by atoms with Gasteiger partial charge in [0, 0.05) is 5.69 Å². The molecule has 140 valence electrons. The first-order chi connectivity index (χ1) is 13.8. The highest BCUT2D eigenvalue weighted by atomic mass is 32.2. The average molecular weight is 391 g/mol. The molecule has 0 unspecified atom stereocenters. The quantitative estimate of drug-likeness (QED) is 0.627. The Balaban J connectivity index is 1.40. The van der Waals surface area contributed by atoms with Crippen molar-refractivity contribution in [3.8, 4) is 23.0 Å². The standard InChI is InChI=1S/C22H17NO4S/c24-21-13-28-22(15-6-11-19-20(12-15)26-14-25-19)23(21)16-7-9-18(10-8-16)27-17-4-2-1-3-5-17/h1-12,22H,13-14H2/t22-/m1/s1. The van der Waals surface area contributed by atoms with Crippen molar-refractivity contribution in [2.45, 2.75) is 5.37 Å². The van der Waals surface area contributed by atoms with Crippen molar-refractivity contribution in [2.24, 2.45) is 0 Å². The van der Waals surface area contributed by atoms with Crippen LogP contribution < -0.4 is 19.1 Å². The molecule has 0 bridgehead atoms. The van der Waals surface area contributed by atoms with Crippen LogP contribution >= 0.6 is 11.8 Å². The minimum Gasteiger partial charge on any atom is -0.457 e. The number of amides is 1. The molecule has 2 aliphatic rings. The van der Waals surface area contributed by atoms with Crippen molar-refractivity contribution in [3.05, 3.63) is 78.4 Å². The molecule has 6 heteroatoms. The predicted octanol–water partition coefficient (Wildman–Crippen LogP) is 4.99. The third-order valence-corrected chi connectivity index (χ3v) is 5.86. The minimum atomic E-state index is -0.0945. The molecule has 0 saturated carbocycles. The Bertz CT molecular complexity index is 1010. The molecule has 0 spiro atoms. The van der Waals surface area contributed by atoms with E-state index in [1.54, 1.807) is 11.8 Å². The molecule has 1 fully saturated rings. The second kappa shape index (κ2) is 7.13. The van der Waals surface area contributed by atoms with Crippen LogP contribution in [0.4, 0.5) is 5.69 Å². The fourth-order valence-electron chi connectivity index (χ4n) is 3.32. The molecular formula is C22H17NO4S. The lowest BCUT2D eigenvalue weighted by Crippen LogP contribution is -2.27. The van der Waals surface area contributed by atoms with Crippen molar-refractivity contribution in [1.29, 1.82) is 0 Å². The van der Waals surface area contributed by atoms with Gasteiger partial charge in [-0.25, -0.2) is 0 Å². The van der Waals surface area contributed by atoms with Crippen LogP contribution in [-0.2, 0) is 4.79 Å². The molecule has 2 aliphatic heterocycles. The van der Waals surface area contributed by atoms with Crippen LogP contribution in [0.25, 0.3) is 0 Å². The number of benzene rings is 3. The summed E-state index contributed by atoms with van der Waals surface area (Å²) in [6.45, 7) is 0.238. The Labute approximate surface area is 166 Å². The fourth-order valence-corrected chi connectivity index (χ4v) is 4.48. The van der Waals surface area contributed by atoms with Crippen molar-refractivity contribution in [3.63, 3.8) is 0 Å². The highest BCUT2D eigenvalue weighted by molar-refractivity contribution is 8.00. The van der Waals surface area contributed by atoms with Crippen LogP contribution in [-0.4, -0.2) is 18.5 Å². The zero-order valence-corrected chi connectivity index (χ0v) is 15.7. The fraction of sp³-hybridized carbons (Fsp3) is 0.136. The highest BCUT2D eigenvalue weighted by Gasteiger charge is 2.34. The number of para-hydroxylation sites is 1. The maximum atomic E-state index is 12.6. The van der Waals surface area contributed by atoms with Gasteiger partial charge < -0.3 is 14.2 Å². The molecular weight excluding hydrogens is 374 g/mol. The van der Waals surface area contributed by atoms with Crippen LogP contribution in [0.3, 0.4) is 0 Å². The van der Waals surface area contributed by atoms with Crippen LogP contribution in [0.2, 0.25) is 0 Å². The van der Waals surface area contributed by atoms with Gasteiger partial charge in [0.15, 0.2) is 11.5 Å². The average Bonchev–Trinajstić information content (AvgIpc) is 3.35. The second-order valence-electron chi connectivity index (χ2n) is 6.45. The third kappa shape index (κ3) is 3.16. The van der Waals surface area contributed by atoms with E-state index in [4.69, 9.17) is 14.2 Å². The van der Waals surface area contributed by atoms with Gasteiger partial charge in [-0.2, -0.15) is 0 Å². The monoisotopic (exact) mass is 391 g/mol. The largest absolute Gasteiger partial charge is 0.457 e. The predicted molar refractivity (Wildman–Crippen MR) is 108 cm³/mol. The number of carbonyl (C=O) groups excluding carboxylic acids is 1. The first-order valence-corrected chi connectivity index (χ1v) is 9.99. The molecule has 1 amide bonds. The first kappa shape index (κ1) is 17.0. The van der Waals surface area contributed by atoms with Gasteiger partial charge in [0.05, 0.1) is 5.75 Å². The first-order valence-electron chi connectivity index (χ1n) is 8.94. The van der Waals surface area contributed by atoms with E-state index >= 15 is 0 Å². The summed E-state index contributed by atoms with van der Waals surface area (Å²) in [5, 5.41) is -0.0945. The summed E-state index contributed by atoms with van der Waals surface area (Å²) in [7, 11) is 0. The Morgan fingerprint density at radius 1 is 0.893 bits per heavy atom. The molecule has 0 aliphatic carbocycles. The van der Waals surface area contributed by atoms with Crippen LogP contribution in [0, 0.1) is 0 Å². The van der Waals surface area contributed by atoms with E-state index in [0.29, 0.717) is 5.75 Å². The minimum absolute atomic E-state index is 0.0874. The number of carbonyl (C=O) groups is 1. The molecule has 0 radical (unpaired) electrons. The zero-order chi connectivity index (χ0) is 18.9. The summed E-state index contributed by atoms with van der Waals surface area (Å²) in [5.74, 6) is 3.51. The van der Waals surface area contributed by atoms with E-state index < -0.39 is 0 Å². The summed E-state index contributed by atoms with van der Waals surface area (Å²) in [5.41, 5.74) is 1.86. The van der Waals surface area contributed by atoms with E-state index in [0.717, 1.165) is 34.2 Å². The lowest BCUT2D eigenvalue weighted by Gasteiger charge is -2.24. The SMILES string of the molecule is O=C1CS[C@H](c2ccc3c(c2)OCO3)N1c1ccc(Oc2ccccc2)cc1. The van der Waals surface area contributed by atoms with Crippen molar-refractivity contribution in [2.75, 3.05) is 17.4 Å². The molecule has 2 heterocycles. The maximum Gasteiger partial charge on any atom is 0.238 e. The number of hydrogen-bond donors (Lipinski definition) is 0. The zero-order valence-electron chi connectivity index (χ0n) is 14.9. The summed E-state index contributed by atoms with van der Waals surface area (Å²) in [6.07, 6.45) is 0. The van der Waals surface area contributed by atoms with E-state index in [1.807, 2.05) is 77.7 Å². The van der Waals surface area contributed by atoms with Gasteiger partial charge in [0.1, 0.15) is 16.9 Å². The van der Waals surface area contributed by atoms with Crippen molar-refractivity contribution in [1.82, 2.24) is 0 Å². The Morgan fingerprint density at radius 2 is 1.64 bits per heavy atom. The van der Waals surface area contributed by atoms with Crippen molar-refractivity contribution < 1.29 is 19.0 Å². The smallest absolute Gasteiger partial charge is 0.238 e. The van der Waals surface area contributed by atoms with E-state index in [2.05, 4.69) is 0 Å². The van der Waals surface area contributed by atoms with Gasteiger partial charge >= 0.3 is 0 Å². The summed E-state index contributed by atoms with van der Waals surface area (Å²) < 4.78 is 16.7. The Morgan fingerprint density at radius 3 is 2.46 bits per heavy atom. The topological polar surface area (TPSA) is 48.0 Å². The number of rotatable bonds is 4. The molecule has 3 aromatic carbocycles. The molecule has 5 nitrogen and oxygen atoms in total. The molecule has 0 aromatic heterocycles. The lowest BCUT2D eigenvalue weighted by atomic mass is 10.1. The molecule has 1 atom stereocenters.